The van der Waals surface area contributed by atoms with Crippen LogP contribution >= 0.6 is 44.1 Å². The summed E-state index contributed by atoms with van der Waals surface area (Å²) in [6.07, 6.45) is 0.964. The van der Waals surface area contributed by atoms with Gasteiger partial charge in [0.25, 0.3) is 0 Å². The molecule has 0 radical (unpaired) electrons. The van der Waals surface area contributed by atoms with E-state index >= 15 is 0 Å². The zero-order valence-corrected chi connectivity index (χ0v) is 12.6. The van der Waals surface area contributed by atoms with Crippen molar-refractivity contribution in [2.45, 2.75) is 13.3 Å². The molecule has 0 aliphatic rings. The van der Waals surface area contributed by atoms with Crippen LogP contribution in [0.3, 0.4) is 0 Å². The number of hydrogen-bond donors (Lipinski definition) is 2. The Morgan fingerprint density at radius 1 is 1.44 bits per heavy atom. The smallest absolute Gasteiger partial charge is 0.170 e. The molecule has 2 nitrogen and oxygen atoms in total. The predicted molar refractivity (Wildman–Crippen MR) is 76.3 cm³/mol. The lowest BCUT2D eigenvalue weighted by atomic mass is 10.3. The van der Waals surface area contributed by atoms with Gasteiger partial charge in [0.15, 0.2) is 5.11 Å². The van der Waals surface area contributed by atoms with Gasteiger partial charge < -0.3 is 10.6 Å². The van der Waals surface area contributed by atoms with E-state index < -0.39 is 0 Å². The van der Waals surface area contributed by atoms with Crippen LogP contribution in [-0.2, 0) is 0 Å². The Morgan fingerprint density at radius 3 is 2.69 bits per heavy atom. The van der Waals surface area contributed by atoms with Crippen molar-refractivity contribution in [1.29, 1.82) is 0 Å². The molecule has 6 heteroatoms. The van der Waals surface area contributed by atoms with Gasteiger partial charge in [-0.05, 0) is 46.7 Å². The Bertz CT molecular complexity index is 375. The Kier molecular flexibility index (Phi) is 5.64. The van der Waals surface area contributed by atoms with Gasteiger partial charge >= 0.3 is 0 Å². The van der Waals surface area contributed by atoms with Crippen molar-refractivity contribution in [2.24, 2.45) is 0 Å². The standard InChI is InChI=1S/C10H11Br2FN2S/c1-2-3-14-10(16)15-9-7(12)4-6(11)5-8(9)13/h4-5H,2-3H2,1H3,(H2,14,15,16). The van der Waals surface area contributed by atoms with Gasteiger partial charge in [-0.25, -0.2) is 4.39 Å². The van der Waals surface area contributed by atoms with Crippen molar-refractivity contribution in [2.75, 3.05) is 11.9 Å². The van der Waals surface area contributed by atoms with E-state index in [1.54, 1.807) is 6.07 Å². The molecule has 2 N–H and O–H groups in total. The van der Waals surface area contributed by atoms with Crippen molar-refractivity contribution in [3.8, 4) is 0 Å². The average molecular weight is 370 g/mol. The van der Waals surface area contributed by atoms with Crippen LogP contribution in [-0.4, -0.2) is 11.7 Å². The fourth-order valence-electron chi connectivity index (χ4n) is 1.06. The molecule has 0 aliphatic heterocycles. The molecule has 0 aliphatic carbocycles. The number of hydrogen-bond acceptors (Lipinski definition) is 1. The lowest BCUT2D eigenvalue weighted by molar-refractivity contribution is 0.630. The second-order valence-electron chi connectivity index (χ2n) is 3.13. The fourth-order valence-corrected chi connectivity index (χ4v) is 2.53. The highest BCUT2D eigenvalue weighted by Crippen LogP contribution is 2.29. The molecule has 0 saturated carbocycles. The summed E-state index contributed by atoms with van der Waals surface area (Å²) >= 11 is 11.5. The van der Waals surface area contributed by atoms with E-state index in [1.807, 2.05) is 6.92 Å². The second-order valence-corrected chi connectivity index (χ2v) is 5.30. The van der Waals surface area contributed by atoms with Crippen molar-refractivity contribution < 1.29 is 4.39 Å². The number of benzene rings is 1. The summed E-state index contributed by atoms with van der Waals surface area (Å²) in [5.74, 6) is -0.359. The zero-order valence-electron chi connectivity index (χ0n) is 8.61. The third-order valence-electron chi connectivity index (χ3n) is 1.78. The van der Waals surface area contributed by atoms with Crippen LogP contribution < -0.4 is 10.6 Å². The first kappa shape index (κ1) is 13.9. The van der Waals surface area contributed by atoms with Crippen molar-refractivity contribution in [1.82, 2.24) is 5.32 Å². The molecule has 16 heavy (non-hydrogen) atoms. The lowest BCUT2D eigenvalue weighted by Gasteiger charge is -2.12. The van der Waals surface area contributed by atoms with Crippen molar-refractivity contribution >= 4 is 54.9 Å². The summed E-state index contributed by atoms with van der Waals surface area (Å²) in [4.78, 5) is 0. The number of anilines is 1. The van der Waals surface area contributed by atoms with Crippen LogP contribution in [0.2, 0.25) is 0 Å². The van der Waals surface area contributed by atoms with Gasteiger partial charge in [0, 0.05) is 15.5 Å². The van der Waals surface area contributed by atoms with Gasteiger partial charge in [-0.2, -0.15) is 0 Å². The van der Waals surface area contributed by atoms with Crippen LogP contribution in [0.25, 0.3) is 0 Å². The van der Waals surface area contributed by atoms with Gasteiger partial charge in [0.05, 0.1) is 5.69 Å². The quantitative estimate of drug-likeness (QED) is 0.786. The third-order valence-corrected chi connectivity index (χ3v) is 3.11. The Labute approximate surface area is 116 Å². The molecule has 1 aromatic carbocycles. The Balaban J connectivity index is 2.77. The topological polar surface area (TPSA) is 24.1 Å². The van der Waals surface area contributed by atoms with Gasteiger partial charge in [-0.1, -0.05) is 22.9 Å². The van der Waals surface area contributed by atoms with Crippen molar-refractivity contribution in [3.05, 3.63) is 26.9 Å². The molecule has 0 aromatic heterocycles. The molecule has 1 rings (SSSR count). The predicted octanol–water partition coefficient (Wildman–Crippen LogP) is 4.05. The van der Waals surface area contributed by atoms with Gasteiger partial charge in [0.2, 0.25) is 0 Å². The lowest BCUT2D eigenvalue weighted by Crippen LogP contribution is -2.29. The highest BCUT2D eigenvalue weighted by atomic mass is 79.9. The number of thiocarbonyl (C=S) groups is 1. The maximum absolute atomic E-state index is 13.6. The van der Waals surface area contributed by atoms with E-state index in [0.29, 0.717) is 19.7 Å². The minimum Gasteiger partial charge on any atom is -0.362 e. The van der Waals surface area contributed by atoms with E-state index in [-0.39, 0.29) is 5.82 Å². The van der Waals surface area contributed by atoms with E-state index in [9.17, 15) is 4.39 Å². The summed E-state index contributed by atoms with van der Waals surface area (Å²) in [7, 11) is 0. The zero-order chi connectivity index (χ0) is 12.1. The van der Waals surface area contributed by atoms with Crippen LogP contribution in [0.4, 0.5) is 10.1 Å². The van der Waals surface area contributed by atoms with E-state index in [4.69, 9.17) is 12.2 Å². The molecular weight excluding hydrogens is 359 g/mol. The maximum Gasteiger partial charge on any atom is 0.170 e. The Hall–Kier alpha value is -0.200. The molecule has 0 spiro atoms. The highest BCUT2D eigenvalue weighted by molar-refractivity contribution is 9.11. The molecule has 1 aromatic rings. The largest absolute Gasteiger partial charge is 0.362 e. The summed E-state index contributed by atoms with van der Waals surface area (Å²) in [5.41, 5.74) is 0.344. The SMILES string of the molecule is CCCNC(=S)Nc1c(F)cc(Br)cc1Br. The summed E-state index contributed by atoms with van der Waals surface area (Å²) < 4.78 is 14.9. The molecule has 0 fully saturated rings. The highest BCUT2D eigenvalue weighted by Gasteiger charge is 2.09. The molecule has 0 heterocycles. The Morgan fingerprint density at radius 2 is 2.12 bits per heavy atom. The first-order chi connectivity index (χ1) is 7.54. The minimum atomic E-state index is -0.359. The molecule has 0 unspecified atom stereocenters. The van der Waals surface area contributed by atoms with Crippen LogP contribution in [0.5, 0.6) is 0 Å². The summed E-state index contributed by atoms with van der Waals surface area (Å²) in [6.45, 7) is 2.80. The monoisotopic (exact) mass is 368 g/mol. The minimum absolute atomic E-state index is 0.344. The number of halogens is 3. The number of nitrogens with one attached hydrogen (secondary N) is 2. The van der Waals surface area contributed by atoms with E-state index in [0.717, 1.165) is 13.0 Å². The van der Waals surface area contributed by atoms with Crippen LogP contribution in [0.1, 0.15) is 13.3 Å². The first-order valence-electron chi connectivity index (χ1n) is 4.74. The molecule has 0 atom stereocenters. The molecule has 0 bridgehead atoms. The average Bonchev–Trinajstić information content (AvgIpc) is 2.20. The normalized spacial score (nSPS) is 10.0. The van der Waals surface area contributed by atoms with Gasteiger partial charge in [0.1, 0.15) is 5.82 Å². The molecule has 0 amide bonds. The number of rotatable bonds is 3. The van der Waals surface area contributed by atoms with Crippen molar-refractivity contribution in [3.63, 3.8) is 0 Å². The van der Waals surface area contributed by atoms with Gasteiger partial charge in [-0.3, -0.25) is 0 Å². The summed E-state index contributed by atoms with van der Waals surface area (Å²) in [6, 6.07) is 3.14. The fraction of sp³-hybridized carbons (Fsp3) is 0.300. The second kappa shape index (κ2) is 6.51. The molecule has 0 saturated heterocycles. The van der Waals surface area contributed by atoms with E-state index in [2.05, 4.69) is 42.5 Å². The van der Waals surface area contributed by atoms with Gasteiger partial charge in [-0.15, -0.1) is 0 Å². The van der Waals surface area contributed by atoms with E-state index in [1.165, 1.54) is 6.07 Å². The first-order valence-corrected chi connectivity index (χ1v) is 6.73. The van der Waals surface area contributed by atoms with Crippen LogP contribution in [0, 0.1) is 5.82 Å². The third kappa shape index (κ3) is 3.99. The maximum atomic E-state index is 13.6. The molecule has 88 valence electrons. The summed E-state index contributed by atoms with van der Waals surface area (Å²) in [5, 5.41) is 6.21. The van der Waals surface area contributed by atoms with Crippen LogP contribution in [0.15, 0.2) is 21.1 Å². The molecular formula is C10H11Br2FN2S.